The Balaban J connectivity index is 1.30. The standard InChI is InChI=1S/C22H20ClN5O4/c1-30-18-4-2-3-15(13-18)22-26-25-19-9-10-21(27-28(19)22)31-12-11-24-20(29)14-32-17-7-5-16(23)6-8-17/h2-10,13H,11-12,14H2,1H3,(H,24,29). The van der Waals surface area contributed by atoms with Crippen molar-refractivity contribution in [3.05, 3.63) is 65.7 Å². The zero-order chi connectivity index (χ0) is 22.3. The number of halogens is 1. The molecule has 0 saturated carbocycles. The lowest BCUT2D eigenvalue weighted by atomic mass is 10.2. The van der Waals surface area contributed by atoms with Gasteiger partial charge in [-0.3, -0.25) is 4.79 Å². The number of methoxy groups -OCH3 is 1. The van der Waals surface area contributed by atoms with E-state index in [9.17, 15) is 4.79 Å². The molecule has 10 heteroatoms. The Bertz CT molecular complexity index is 1210. The van der Waals surface area contributed by atoms with Crippen LogP contribution in [0, 0.1) is 0 Å². The number of fused-ring (bicyclic) bond motifs is 1. The van der Waals surface area contributed by atoms with Crippen LogP contribution in [0.15, 0.2) is 60.7 Å². The van der Waals surface area contributed by atoms with Gasteiger partial charge in [-0.25, -0.2) is 0 Å². The number of amides is 1. The van der Waals surface area contributed by atoms with E-state index >= 15 is 0 Å². The van der Waals surface area contributed by atoms with E-state index in [-0.39, 0.29) is 19.1 Å². The van der Waals surface area contributed by atoms with Crippen LogP contribution in [-0.4, -0.2) is 52.6 Å². The van der Waals surface area contributed by atoms with E-state index in [1.165, 1.54) is 0 Å². The van der Waals surface area contributed by atoms with Crippen LogP contribution in [0.4, 0.5) is 0 Å². The monoisotopic (exact) mass is 453 g/mol. The molecule has 0 bridgehead atoms. The van der Waals surface area contributed by atoms with Gasteiger partial charge in [-0.1, -0.05) is 23.7 Å². The first-order valence-corrected chi connectivity index (χ1v) is 10.1. The molecule has 2 aromatic carbocycles. The Morgan fingerprint density at radius 3 is 2.69 bits per heavy atom. The molecule has 1 N–H and O–H groups in total. The van der Waals surface area contributed by atoms with E-state index in [0.717, 1.165) is 5.56 Å². The molecule has 2 aromatic heterocycles. The molecule has 0 spiro atoms. The van der Waals surface area contributed by atoms with E-state index in [0.29, 0.717) is 40.4 Å². The Labute approximate surface area is 188 Å². The molecule has 0 aliphatic heterocycles. The second-order valence-electron chi connectivity index (χ2n) is 6.64. The first kappa shape index (κ1) is 21.4. The van der Waals surface area contributed by atoms with Crippen molar-refractivity contribution >= 4 is 23.2 Å². The molecule has 0 unspecified atom stereocenters. The topological polar surface area (TPSA) is 99.9 Å². The summed E-state index contributed by atoms with van der Waals surface area (Å²) in [5.41, 5.74) is 1.40. The second kappa shape index (κ2) is 9.97. The summed E-state index contributed by atoms with van der Waals surface area (Å²) in [5.74, 6) is 1.97. The normalized spacial score (nSPS) is 10.7. The van der Waals surface area contributed by atoms with E-state index in [1.807, 2.05) is 24.3 Å². The van der Waals surface area contributed by atoms with E-state index < -0.39 is 0 Å². The number of hydrogen-bond donors (Lipinski definition) is 1. The summed E-state index contributed by atoms with van der Waals surface area (Å²) in [5, 5.41) is 16.1. The molecule has 0 radical (unpaired) electrons. The van der Waals surface area contributed by atoms with Gasteiger partial charge < -0.3 is 19.5 Å². The van der Waals surface area contributed by atoms with Crippen molar-refractivity contribution in [1.82, 2.24) is 25.1 Å². The number of carbonyl (C=O) groups is 1. The number of ether oxygens (including phenoxy) is 3. The lowest BCUT2D eigenvalue weighted by Crippen LogP contribution is -2.32. The van der Waals surface area contributed by atoms with Gasteiger partial charge in [0.1, 0.15) is 18.1 Å². The van der Waals surface area contributed by atoms with Gasteiger partial charge in [0.05, 0.1) is 13.7 Å². The summed E-state index contributed by atoms with van der Waals surface area (Å²) >= 11 is 5.82. The average molecular weight is 454 g/mol. The zero-order valence-corrected chi connectivity index (χ0v) is 18.0. The van der Waals surface area contributed by atoms with Crippen LogP contribution in [0.2, 0.25) is 5.02 Å². The molecule has 0 atom stereocenters. The first-order valence-electron chi connectivity index (χ1n) is 9.77. The van der Waals surface area contributed by atoms with Gasteiger partial charge in [-0.2, -0.15) is 4.52 Å². The zero-order valence-electron chi connectivity index (χ0n) is 17.2. The molecule has 0 aliphatic carbocycles. The highest BCUT2D eigenvalue weighted by Crippen LogP contribution is 2.23. The van der Waals surface area contributed by atoms with Gasteiger partial charge in [-0.15, -0.1) is 15.3 Å². The lowest BCUT2D eigenvalue weighted by Gasteiger charge is -2.09. The molecule has 0 fully saturated rings. The number of aromatic nitrogens is 4. The third-order valence-electron chi connectivity index (χ3n) is 4.42. The van der Waals surface area contributed by atoms with Crippen LogP contribution >= 0.6 is 11.6 Å². The highest BCUT2D eigenvalue weighted by Gasteiger charge is 2.11. The summed E-state index contributed by atoms with van der Waals surface area (Å²) < 4.78 is 17.9. The van der Waals surface area contributed by atoms with Crippen LogP contribution < -0.4 is 19.5 Å². The fraction of sp³-hybridized carbons (Fsp3) is 0.182. The van der Waals surface area contributed by atoms with Crippen molar-refractivity contribution in [1.29, 1.82) is 0 Å². The van der Waals surface area contributed by atoms with Crippen molar-refractivity contribution in [2.75, 3.05) is 26.9 Å². The summed E-state index contributed by atoms with van der Waals surface area (Å²) in [4.78, 5) is 11.9. The van der Waals surface area contributed by atoms with Gasteiger partial charge in [0.2, 0.25) is 5.88 Å². The van der Waals surface area contributed by atoms with Gasteiger partial charge in [0.15, 0.2) is 18.1 Å². The highest BCUT2D eigenvalue weighted by molar-refractivity contribution is 6.30. The summed E-state index contributed by atoms with van der Waals surface area (Å²) in [6, 6.07) is 17.7. The smallest absolute Gasteiger partial charge is 0.258 e. The maximum absolute atomic E-state index is 11.9. The lowest BCUT2D eigenvalue weighted by molar-refractivity contribution is -0.123. The number of rotatable bonds is 9. The van der Waals surface area contributed by atoms with Gasteiger partial charge in [0, 0.05) is 16.7 Å². The number of benzene rings is 2. The molecule has 32 heavy (non-hydrogen) atoms. The molecular weight excluding hydrogens is 434 g/mol. The van der Waals surface area contributed by atoms with Crippen LogP contribution in [0.3, 0.4) is 0 Å². The van der Waals surface area contributed by atoms with Crippen LogP contribution in [-0.2, 0) is 4.79 Å². The van der Waals surface area contributed by atoms with Crippen LogP contribution in [0.25, 0.3) is 17.0 Å². The molecule has 1 amide bonds. The molecule has 4 rings (SSSR count). The highest BCUT2D eigenvalue weighted by atomic mass is 35.5. The third kappa shape index (κ3) is 5.25. The van der Waals surface area contributed by atoms with E-state index in [1.54, 1.807) is 48.0 Å². The Kier molecular flexibility index (Phi) is 6.66. The first-order chi connectivity index (χ1) is 15.6. The summed E-state index contributed by atoms with van der Waals surface area (Å²) in [6.07, 6.45) is 0. The van der Waals surface area contributed by atoms with Gasteiger partial charge in [0.25, 0.3) is 5.91 Å². The van der Waals surface area contributed by atoms with Crippen molar-refractivity contribution in [3.63, 3.8) is 0 Å². The molecular formula is C22H20ClN5O4. The van der Waals surface area contributed by atoms with Crippen molar-refractivity contribution < 1.29 is 19.0 Å². The van der Waals surface area contributed by atoms with Crippen molar-refractivity contribution in [2.45, 2.75) is 0 Å². The quantitative estimate of drug-likeness (QED) is 0.389. The maximum atomic E-state index is 11.9. The summed E-state index contributed by atoms with van der Waals surface area (Å²) in [6.45, 7) is 0.436. The van der Waals surface area contributed by atoms with Crippen molar-refractivity contribution in [3.8, 4) is 28.8 Å². The molecule has 164 valence electrons. The van der Waals surface area contributed by atoms with Crippen LogP contribution in [0.5, 0.6) is 17.4 Å². The Hall–Kier alpha value is -3.85. The minimum Gasteiger partial charge on any atom is -0.497 e. The third-order valence-corrected chi connectivity index (χ3v) is 4.68. The summed E-state index contributed by atoms with van der Waals surface area (Å²) in [7, 11) is 1.60. The van der Waals surface area contributed by atoms with E-state index in [4.69, 9.17) is 25.8 Å². The predicted molar refractivity (Wildman–Crippen MR) is 118 cm³/mol. The number of nitrogens with zero attached hydrogens (tertiary/aromatic N) is 4. The molecule has 2 heterocycles. The largest absolute Gasteiger partial charge is 0.497 e. The molecule has 0 aliphatic rings. The number of hydrogen-bond acceptors (Lipinski definition) is 7. The van der Waals surface area contributed by atoms with Gasteiger partial charge in [-0.05, 0) is 42.5 Å². The maximum Gasteiger partial charge on any atom is 0.258 e. The molecule has 4 aromatic rings. The fourth-order valence-corrected chi connectivity index (χ4v) is 2.99. The fourth-order valence-electron chi connectivity index (χ4n) is 2.87. The predicted octanol–water partition coefficient (Wildman–Crippen LogP) is 3.03. The second-order valence-corrected chi connectivity index (χ2v) is 7.07. The van der Waals surface area contributed by atoms with Crippen LogP contribution in [0.1, 0.15) is 0 Å². The number of carbonyl (C=O) groups excluding carboxylic acids is 1. The van der Waals surface area contributed by atoms with Crippen molar-refractivity contribution in [2.24, 2.45) is 0 Å². The minimum atomic E-state index is -0.258. The number of nitrogens with one attached hydrogen (secondary N) is 1. The van der Waals surface area contributed by atoms with Gasteiger partial charge >= 0.3 is 0 Å². The Morgan fingerprint density at radius 2 is 1.88 bits per heavy atom. The SMILES string of the molecule is COc1cccc(-c2nnc3ccc(OCCNC(=O)COc4ccc(Cl)cc4)nn23)c1. The minimum absolute atomic E-state index is 0.101. The van der Waals surface area contributed by atoms with E-state index in [2.05, 4.69) is 20.6 Å². The molecule has 9 nitrogen and oxygen atoms in total. The Morgan fingerprint density at radius 1 is 1.03 bits per heavy atom. The molecule has 0 saturated heterocycles. The average Bonchev–Trinajstić information content (AvgIpc) is 3.25.